The number of nitrogens with one attached hydrogen (secondary N) is 2. The highest BCUT2D eigenvalue weighted by Crippen LogP contribution is 2.51. The molecule has 1 fully saturated rings. The number of ether oxygens (including phenoxy) is 1. The first-order valence-corrected chi connectivity index (χ1v) is 7.33. The average molecular weight is 288 g/mol. The third-order valence-corrected chi connectivity index (χ3v) is 4.38. The number of methoxy groups -OCH3 is 1. The van der Waals surface area contributed by atoms with Gasteiger partial charge in [0.1, 0.15) is 0 Å². The Morgan fingerprint density at radius 3 is 2.53 bits per heavy atom. The molecule has 1 rings (SSSR count). The van der Waals surface area contributed by atoms with Crippen LogP contribution in [0.2, 0.25) is 0 Å². The van der Waals surface area contributed by atoms with E-state index in [9.17, 15) is 14.4 Å². The van der Waals surface area contributed by atoms with Crippen molar-refractivity contribution in [1.29, 1.82) is 0 Å². The van der Waals surface area contributed by atoms with Gasteiger partial charge in [0.05, 0.1) is 13.5 Å². The Morgan fingerprint density at radius 2 is 2.00 bits per heavy atom. The fourth-order valence-corrected chi connectivity index (χ4v) is 2.93. The molecule has 0 heterocycles. The van der Waals surface area contributed by atoms with Crippen molar-refractivity contribution in [1.82, 2.24) is 10.6 Å². The largest absolute Gasteiger partial charge is 0.469 e. The Bertz CT molecular complexity index is 356. The Kier molecular flexibility index (Phi) is 6.14. The maximum atomic E-state index is 11.3. The number of esters is 1. The van der Waals surface area contributed by atoms with Crippen molar-refractivity contribution in [3.63, 3.8) is 0 Å². The molecule has 1 saturated carbocycles. The molecule has 0 aromatic carbocycles. The van der Waals surface area contributed by atoms with Crippen molar-refractivity contribution in [2.75, 3.05) is 25.7 Å². The van der Waals surface area contributed by atoms with E-state index in [4.69, 9.17) is 0 Å². The summed E-state index contributed by atoms with van der Waals surface area (Å²) in [6, 6.07) is -0.487. The summed E-state index contributed by atoms with van der Waals surface area (Å²) in [5, 5.41) is 4.53. The first-order valence-electron chi connectivity index (χ1n) is 6.17. The average Bonchev–Trinajstić information content (AvgIpc) is 3.14. The van der Waals surface area contributed by atoms with Crippen molar-refractivity contribution in [3.8, 4) is 0 Å². The smallest absolute Gasteiger partial charge is 0.321 e. The van der Waals surface area contributed by atoms with Crippen LogP contribution in [0.3, 0.4) is 0 Å². The minimum atomic E-state index is -0.487. The van der Waals surface area contributed by atoms with Gasteiger partial charge in [0.15, 0.2) is 0 Å². The number of amides is 3. The first kappa shape index (κ1) is 15.8. The summed E-state index contributed by atoms with van der Waals surface area (Å²) in [6.45, 7) is 0. The maximum Gasteiger partial charge on any atom is 0.321 e. The lowest BCUT2D eigenvalue weighted by Crippen LogP contribution is -2.37. The van der Waals surface area contributed by atoms with Crippen LogP contribution in [0.4, 0.5) is 4.79 Å². The summed E-state index contributed by atoms with van der Waals surface area (Å²) in [5.41, 5.74) is 0.0784. The number of carbonyl (C=O) groups excluding carboxylic acids is 3. The van der Waals surface area contributed by atoms with E-state index < -0.39 is 6.03 Å². The number of urea groups is 1. The maximum absolute atomic E-state index is 11.3. The zero-order chi connectivity index (χ0) is 14.3. The summed E-state index contributed by atoms with van der Waals surface area (Å²) in [4.78, 5) is 33.4. The van der Waals surface area contributed by atoms with Gasteiger partial charge in [-0.05, 0) is 24.0 Å². The molecule has 0 atom stereocenters. The molecule has 6 nitrogen and oxygen atoms in total. The summed E-state index contributed by atoms with van der Waals surface area (Å²) in [5.74, 6) is 1.04. The summed E-state index contributed by atoms with van der Waals surface area (Å²) in [6.07, 6.45) is 2.84. The molecule has 108 valence electrons. The molecule has 0 aliphatic heterocycles. The third-order valence-electron chi connectivity index (χ3n) is 3.07. The quantitative estimate of drug-likeness (QED) is 0.537. The number of imide groups is 1. The van der Waals surface area contributed by atoms with Crippen LogP contribution in [0.15, 0.2) is 0 Å². The lowest BCUT2D eigenvalue weighted by Gasteiger charge is -2.12. The van der Waals surface area contributed by atoms with E-state index in [-0.39, 0.29) is 17.3 Å². The van der Waals surface area contributed by atoms with Crippen LogP contribution in [0.5, 0.6) is 0 Å². The lowest BCUT2D eigenvalue weighted by molar-refractivity contribution is -0.141. The minimum absolute atomic E-state index is 0.0784. The van der Waals surface area contributed by atoms with Gasteiger partial charge in [-0.25, -0.2) is 4.79 Å². The van der Waals surface area contributed by atoms with E-state index in [1.165, 1.54) is 14.2 Å². The van der Waals surface area contributed by atoms with Crippen LogP contribution in [0, 0.1) is 5.41 Å². The fourth-order valence-electron chi connectivity index (χ4n) is 1.63. The SMILES string of the molecule is CNC(=O)NC(=O)CCSCC1(CC(=O)OC)CC1. The van der Waals surface area contributed by atoms with Crippen molar-refractivity contribution in [2.45, 2.75) is 25.7 Å². The molecule has 0 bridgehead atoms. The van der Waals surface area contributed by atoms with Crippen molar-refractivity contribution in [2.24, 2.45) is 5.41 Å². The number of thioether (sulfide) groups is 1. The molecule has 0 aromatic rings. The molecule has 0 spiro atoms. The molecule has 0 unspecified atom stereocenters. The monoisotopic (exact) mass is 288 g/mol. The van der Waals surface area contributed by atoms with Gasteiger partial charge in [0.2, 0.25) is 5.91 Å². The van der Waals surface area contributed by atoms with E-state index in [2.05, 4.69) is 15.4 Å². The molecular formula is C12H20N2O4S. The van der Waals surface area contributed by atoms with Gasteiger partial charge in [-0.3, -0.25) is 14.9 Å². The van der Waals surface area contributed by atoms with Crippen LogP contribution in [-0.4, -0.2) is 43.6 Å². The van der Waals surface area contributed by atoms with E-state index in [1.807, 2.05) is 0 Å². The number of carbonyl (C=O) groups is 3. The number of hydrogen-bond acceptors (Lipinski definition) is 5. The Labute approximate surface area is 117 Å². The van der Waals surface area contributed by atoms with E-state index >= 15 is 0 Å². The minimum Gasteiger partial charge on any atom is -0.469 e. The van der Waals surface area contributed by atoms with Crippen LogP contribution in [-0.2, 0) is 14.3 Å². The lowest BCUT2D eigenvalue weighted by atomic mass is 10.1. The molecule has 3 amide bonds. The molecule has 0 saturated heterocycles. The second-order valence-corrected chi connectivity index (χ2v) is 5.79. The highest BCUT2D eigenvalue weighted by Gasteiger charge is 2.44. The Balaban J connectivity index is 2.12. The van der Waals surface area contributed by atoms with Gasteiger partial charge in [0.25, 0.3) is 0 Å². The first-order chi connectivity index (χ1) is 9.01. The highest BCUT2D eigenvalue weighted by atomic mass is 32.2. The van der Waals surface area contributed by atoms with Gasteiger partial charge in [-0.15, -0.1) is 0 Å². The third kappa shape index (κ3) is 5.96. The van der Waals surface area contributed by atoms with E-state index in [1.54, 1.807) is 11.8 Å². The molecule has 1 aliphatic carbocycles. The van der Waals surface area contributed by atoms with Crippen molar-refractivity contribution in [3.05, 3.63) is 0 Å². The van der Waals surface area contributed by atoms with Gasteiger partial charge in [-0.1, -0.05) is 0 Å². The van der Waals surface area contributed by atoms with Gasteiger partial charge in [0, 0.05) is 19.2 Å². The Morgan fingerprint density at radius 1 is 1.32 bits per heavy atom. The molecular weight excluding hydrogens is 268 g/mol. The van der Waals surface area contributed by atoms with Crippen LogP contribution in [0.25, 0.3) is 0 Å². The summed E-state index contributed by atoms with van der Waals surface area (Å²) >= 11 is 1.64. The predicted octanol–water partition coefficient (Wildman–Crippen LogP) is 0.909. The molecule has 2 N–H and O–H groups in total. The summed E-state index contributed by atoms with van der Waals surface area (Å²) in [7, 11) is 2.86. The zero-order valence-electron chi connectivity index (χ0n) is 11.3. The normalized spacial score (nSPS) is 15.5. The molecule has 0 radical (unpaired) electrons. The fraction of sp³-hybridized carbons (Fsp3) is 0.750. The molecule has 19 heavy (non-hydrogen) atoms. The second kappa shape index (κ2) is 7.37. The topological polar surface area (TPSA) is 84.5 Å². The zero-order valence-corrected chi connectivity index (χ0v) is 12.1. The number of hydrogen-bond donors (Lipinski definition) is 2. The van der Waals surface area contributed by atoms with Gasteiger partial charge >= 0.3 is 12.0 Å². The van der Waals surface area contributed by atoms with Crippen LogP contribution >= 0.6 is 11.8 Å². The molecule has 7 heteroatoms. The van der Waals surface area contributed by atoms with E-state index in [0.29, 0.717) is 18.6 Å². The highest BCUT2D eigenvalue weighted by molar-refractivity contribution is 7.99. The van der Waals surface area contributed by atoms with Crippen LogP contribution < -0.4 is 10.6 Å². The summed E-state index contributed by atoms with van der Waals surface area (Å²) < 4.78 is 4.67. The standard InChI is InChI=1S/C12H20N2O4S/c1-13-11(17)14-9(15)3-6-19-8-12(4-5-12)7-10(16)18-2/h3-8H2,1-2H3,(H2,13,14,15,17). The van der Waals surface area contributed by atoms with Gasteiger partial charge in [-0.2, -0.15) is 11.8 Å². The van der Waals surface area contributed by atoms with Crippen molar-refractivity contribution >= 4 is 29.7 Å². The van der Waals surface area contributed by atoms with Crippen molar-refractivity contribution < 1.29 is 19.1 Å². The van der Waals surface area contributed by atoms with Crippen LogP contribution in [0.1, 0.15) is 25.7 Å². The molecule has 0 aromatic heterocycles. The predicted molar refractivity (Wildman–Crippen MR) is 72.8 cm³/mol. The molecule has 1 aliphatic rings. The Hall–Kier alpha value is -1.24. The van der Waals surface area contributed by atoms with Gasteiger partial charge < -0.3 is 10.1 Å². The van der Waals surface area contributed by atoms with E-state index in [0.717, 1.165) is 18.6 Å². The second-order valence-electron chi connectivity index (χ2n) is 4.68. The number of rotatable bonds is 7.